The molecule has 0 bridgehead atoms. The van der Waals surface area contributed by atoms with Gasteiger partial charge in [-0.25, -0.2) is 4.98 Å². The summed E-state index contributed by atoms with van der Waals surface area (Å²) in [5.74, 6) is -0.305. The number of benzene rings is 1. The van der Waals surface area contributed by atoms with E-state index in [1.807, 2.05) is 24.3 Å². The van der Waals surface area contributed by atoms with Gasteiger partial charge in [-0.1, -0.05) is 34.1 Å². The van der Waals surface area contributed by atoms with Crippen molar-refractivity contribution in [3.05, 3.63) is 51.0 Å². The summed E-state index contributed by atoms with van der Waals surface area (Å²) in [6.07, 6.45) is 1.15. The van der Waals surface area contributed by atoms with Gasteiger partial charge in [0.2, 0.25) is 5.88 Å². The van der Waals surface area contributed by atoms with Crippen LogP contribution >= 0.6 is 15.9 Å². The summed E-state index contributed by atoms with van der Waals surface area (Å²) in [6, 6.07) is 7.63. The largest absolute Gasteiger partial charge is 0.492 e. The SMILES string of the molecule is O=c1[nH]cnc(O)c1NCc1ccccc1Br. The van der Waals surface area contributed by atoms with Gasteiger partial charge in [0.05, 0.1) is 6.33 Å². The molecule has 0 aliphatic heterocycles. The Bertz CT molecular complexity index is 583. The molecule has 0 atom stereocenters. The van der Waals surface area contributed by atoms with Gasteiger partial charge < -0.3 is 15.4 Å². The summed E-state index contributed by atoms with van der Waals surface area (Å²) in [4.78, 5) is 17.4. The highest BCUT2D eigenvalue weighted by Gasteiger charge is 2.07. The van der Waals surface area contributed by atoms with Crippen LogP contribution in [0.5, 0.6) is 5.88 Å². The number of aromatic hydroxyl groups is 1. The number of halogens is 1. The van der Waals surface area contributed by atoms with Gasteiger partial charge in [-0.2, -0.15) is 0 Å². The van der Waals surface area contributed by atoms with E-state index in [2.05, 4.69) is 31.2 Å². The number of hydrogen-bond acceptors (Lipinski definition) is 4. The summed E-state index contributed by atoms with van der Waals surface area (Å²) in [5, 5.41) is 12.3. The third-order valence-electron chi connectivity index (χ3n) is 2.25. The molecule has 1 aromatic carbocycles. The van der Waals surface area contributed by atoms with Crippen LogP contribution in [0.25, 0.3) is 0 Å². The molecular weight excluding hydrogens is 286 g/mol. The third kappa shape index (κ3) is 2.65. The van der Waals surface area contributed by atoms with E-state index in [-0.39, 0.29) is 11.6 Å². The minimum Gasteiger partial charge on any atom is -0.492 e. The second-order valence-corrected chi connectivity index (χ2v) is 4.23. The van der Waals surface area contributed by atoms with Gasteiger partial charge in [-0.15, -0.1) is 0 Å². The summed E-state index contributed by atoms with van der Waals surface area (Å²) in [5.41, 5.74) is 0.656. The second kappa shape index (κ2) is 5.01. The number of rotatable bonds is 3. The molecule has 3 N–H and O–H groups in total. The molecule has 0 saturated carbocycles. The molecule has 1 heterocycles. The van der Waals surface area contributed by atoms with Crippen LogP contribution in [-0.2, 0) is 6.54 Å². The van der Waals surface area contributed by atoms with Crippen molar-refractivity contribution < 1.29 is 5.11 Å². The van der Waals surface area contributed by atoms with Gasteiger partial charge in [0.25, 0.3) is 5.56 Å². The van der Waals surface area contributed by atoms with Gasteiger partial charge in [0, 0.05) is 11.0 Å². The number of aromatic amines is 1. The highest BCUT2D eigenvalue weighted by Crippen LogP contribution is 2.18. The van der Waals surface area contributed by atoms with Crippen molar-refractivity contribution in [2.45, 2.75) is 6.54 Å². The Morgan fingerprint density at radius 1 is 1.41 bits per heavy atom. The lowest BCUT2D eigenvalue weighted by molar-refractivity contribution is 0.453. The second-order valence-electron chi connectivity index (χ2n) is 3.38. The first-order valence-corrected chi connectivity index (χ1v) is 5.71. The smallest absolute Gasteiger partial charge is 0.278 e. The lowest BCUT2D eigenvalue weighted by atomic mass is 10.2. The Labute approximate surface area is 106 Å². The van der Waals surface area contributed by atoms with E-state index in [1.165, 1.54) is 0 Å². The maximum atomic E-state index is 11.4. The quantitative estimate of drug-likeness (QED) is 0.807. The summed E-state index contributed by atoms with van der Waals surface area (Å²) in [7, 11) is 0. The van der Waals surface area contributed by atoms with Crippen LogP contribution < -0.4 is 10.9 Å². The first kappa shape index (κ1) is 11.7. The molecule has 5 nitrogen and oxygen atoms in total. The maximum Gasteiger partial charge on any atom is 0.278 e. The highest BCUT2D eigenvalue weighted by atomic mass is 79.9. The Morgan fingerprint density at radius 2 is 2.18 bits per heavy atom. The zero-order valence-corrected chi connectivity index (χ0v) is 10.4. The zero-order valence-electron chi connectivity index (χ0n) is 8.77. The van der Waals surface area contributed by atoms with Crippen LogP contribution in [0.4, 0.5) is 5.69 Å². The third-order valence-corrected chi connectivity index (χ3v) is 3.02. The van der Waals surface area contributed by atoms with Gasteiger partial charge in [-0.05, 0) is 11.6 Å². The zero-order chi connectivity index (χ0) is 12.3. The molecule has 0 spiro atoms. The molecule has 0 aliphatic rings. The number of nitrogens with one attached hydrogen (secondary N) is 2. The first-order chi connectivity index (χ1) is 8.18. The summed E-state index contributed by atoms with van der Waals surface area (Å²) >= 11 is 3.40. The molecule has 0 saturated heterocycles. The van der Waals surface area contributed by atoms with E-state index in [0.29, 0.717) is 6.54 Å². The van der Waals surface area contributed by atoms with Crippen molar-refractivity contribution in [1.29, 1.82) is 0 Å². The van der Waals surface area contributed by atoms with Crippen molar-refractivity contribution in [3.63, 3.8) is 0 Å². The summed E-state index contributed by atoms with van der Waals surface area (Å²) < 4.78 is 0.937. The van der Waals surface area contributed by atoms with Gasteiger partial charge in [-0.3, -0.25) is 4.79 Å². The minimum absolute atomic E-state index is 0.0725. The van der Waals surface area contributed by atoms with E-state index in [4.69, 9.17) is 0 Å². The Hall–Kier alpha value is -1.82. The molecule has 6 heteroatoms. The molecule has 88 valence electrons. The van der Waals surface area contributed by atoms with Crippen LogP contribution in [0.15, 0.2) is 39.9 Å². The monoisotopic (exact) mass is 295 g/mol. The van der Waals surface area contributed by atoms with E-state index >= 15 is 0 Å². The van der Waals surface area contributed by atoms with E-state index < -0.39 is 5.56 Å². The fraction of sp³-hybridized carbons (Fsp3) is 0.0909. The van der Waals surface area contributed by atoms with Crippen molar-refractivity contribution in [2.75, 3.05) is 5.32 Å². The van der Waals surface area contributed by atoms with Crippen LogP contribution in [0.1, 0.15) is 5.56 Å². The Morgan fingerprint density at radius 3 is 2.88 bits per heavy atom. The van der Waals surface area contributed by atoms with Gasteiger partial charge in [0.1, 0.15) is 0 Å². The van der Waals surface area contributed by atoms with Crippen LogP contribution in [0.2, 0.25) is 0 Å². The predicted octanol–water partition coefficient (Wildman–Crippen LogP) is 1.85. The van der Waals surface area contributed by atoms with Crippen molar-refractivity contribution in [3.8, 4) is 5.88 Å². The van der Waals surface area contributed by atoms with Crippen LogP contribution in [0, 0.1) is 0 Å². The fourth-order valence-electron chi connectivity index (χ4n) is 1.38. The number of aromatic nitrogens is 2. The average molecular weight is 296 g/mol. The van der Waals surface area contributed by atoms with Crippen molar-refractivity contribution in [1.82, 2.24) is 9.97 Å². The van der Waals surface area contributed by atoms with Gasteiger partial charge in [0.15, 0.2) is 5.69 Å². The molecule has 17 heavy (non-hydrogen) atoms. The topological polar surface area (TPSA) is 78.0 Å². The van der Waals surface area contributed by atoms with Gasteiger partial charge >= 0.3 is 0 Å². The molecule has 1 aromatic heterocycles. The normalized spacial score (nSPS) is 10.2. The molecule has 2 rings (SSSR count). The Kier molecular flexibility index (Phi) is 3.43. The molecule has 0 fully saturated rings. The molecule has 0 radical (unpaired) electrons. The molecule has 0 amide bonds. The van der Waals surface area contributed by atoms with Crippen LogP contribution in [0.3, 0.4) is 0 Å². The first-order valence-electron chi connectivity index (χ1n) is 4.92. The standard InChI is InChI=1S/C11H10BrN3O2/c12-8-4-2-1-3-7(8)5-13-9-10(16)14-6-15-11(9)17/h1-4,6,13H,5H2,(H2,14,15,16,17). The van der Waals surface area contributed by atoms with E-state index in [0.717, 1.165) is 16.4 Å². The van der Waals surface area contributed by atoms with Crippen molar-refractivity contribution >= 4 is 21.6 Å². The van der Waals surface area contributed by atoms with Crippen molar-refractivity contribution in [2.24, 2.45) is 0 Å². The minimum atomic E-state index is -0.399. The lowest BCUT2D eigenvalue weighted by Crippen LogP contribution is -2.14. The average Bonchev–Trinajstić information content (AvgIpc) is 2.30. The molecular formula is C11H10BrN3O2. The number of nitrogens with zero attached hydrogens (tertiary/aromatic N) is 1. The number of anilines is 1. The molecule has 2 aromatic rings. The number of hydrogen-bond donors (Lipinski definition) is 3. The number of H-pyrrole nitrogens is 1. The fourth-order valence-corrected chi connectivity index (χ4v) is 1.80. The van der Waals surface area contributed by atoms with E-state index in [1.54, 1.807) is 0 Å². The Balaban J connectivity index is 2.19. The maximum absolute atomic E-state index is 11.4. The molecule has 0 aliphatic carbocycles. The van der Waals surface area contributed by atoms with Crippen LogP contribution in [-0.4, -0.2) is 15.1 Å². The predicted molar refractivity (Wildman–Crippen MR) is 68.0 cm³/mol. The summed E-state index contributed by atoms with van der Waals surface area (Å²) in [6.45, 7) is 0.420. The van der Waals surface area contributed by atoms with E-state index in [9.17, 15) is 9.90 Å². The highest BCUT2D eigenvalue weighted by molar-refractivity contribution is 9.10. The molecule has 0 unspecified atom stereocenters. The lowest BCUT2D eigenvalue weighted by Gasteiger charge is -2.07.